The van der Waals surface area contributed by atoms with Crippen molar-refractivity contribution in [3.63, 3.8) is 0 Å². The topological polar surface area (TPSA) is 73.0 Å². The van der Waals surface area contributed by atoms with Crippen LogP contribution in [-0.2, 0) is 29.5 Å². The van der Waals surface area contributed by atoms with Crippen LogP contribution in [0.1, 0.15) is 37.2 Å². The summed E-state index contributed by atoms with van der Waals surface area (Å²) in [5.41, 5.74) is 2.10. The Morgan fingerprint density at radius 3 is 2.86 bits per heavy atom. The molecule has 1 fully saturated rings. The molecule has 118 valence electrons. The molecule has 1 aliphatic heterocycles. The maximum Gasteiger partial charge on any atom is 0.246 e. The van der Waals surface area contributed by atoms with E-state index in [1.54, 1.807) is 10.9 Å². The number of aromatic nitrogens is 4. The molecule has 1 saturated carbocycles. The quantitative estimate of drug-likeness (QED) is 0.848. The van der Waals surface area contributed by atoms with Crippen LogP contribution in [0.4, 0.5) is 0 Å². The fraction of sp³-hybridized carbons (Fsp3) is 0.571. The zero-order valence-corrected chi connectivity index (χ0v) is 13.3. The molecule has 3 heterocycles. The molecule has 8 heteroatoms. The third-order valence-corrected chi connectivity index (χ3v) is 6.22. The van der Waals surface area contributed by atoms with Gasteiger partial charge in [0.15, 0.2) is 0 Å². The first kappa shape index (κ1) is 14.0. The highest BCUT2D eigenvalue weighted by Crippen LogP contribution is 2.37. The van der Waals surface area contributed by atoms with Gasteiger partial charge in [-0.05, 0) is 19.8 Å². The number of fused-ring (bicyclic) bond motifs is 1. The van der Waals surface area contributed by atoms with Crippen LogP contribution in [0, 0.1) is 0 Å². The molecule has 4 rings (SSSR count). The van der Waals surface area contributed by atoms with E-state index >= 15 is 0 Å². The van der Waals surface area contributed by atoms with E-state index in [0.29, 0.717) is 25.7 Å². The highest BCUT2D eigenvalue weighted by Gasteiger charge is 2.34. The van der Waals surface area contributed by atoms with Gasteiger partial charge in [0.2, 0.25) is 10.0 Å². The van der Waals surface area contributed by atoms with Crippen molar-refractivity contribution in [2.24, 2.45) is 0 Å². The third-order valence-electron chi connectivity index (χ3n) is 4.42. The molecule has 0 spiro atoms. The minimum Gasteiger partial charge on any atom is -0.331 e. The fourth-order valence-corrected chi connectivity index (χ4v) is 4.34. The molecule has 0 amide bonds. The second kappa shape index (κ2) is 4.92. The van der Waals surface area contributed by atoms with Gasteiger partial charge in [-0.25, -0.2) is 13.4 Å². The van der Waals surface area contributed by atoms with Crippen molar-refractivity contribution < 1.29 is 8.42 Å². The van der Waals surface area contributed by atoms with Gasteiger partial charge in [0.25, 0.3) is 0 Å². The van der Waals surface area contributed by atoms with Gasteiger partial charge in [-0.3, -0.25) is 4.68 Å². The van der Waals surface area contributed by atoms with E-state index in [2.05, 4.69) is 14.6 Å². The van der Waals surface area contributed by atoms with Crippen molar-refractivity contribution in [1.29, 1.82) is 0 Å². The number of hydrogen-bond acceptors (Lipinski definition) is 4. The second-order valence-electron chi connectivity index (χ2n) is 5.90. The van der Waals surface area contributed by atoms with Gasteiger partial charge in [0, 0.05) is 37.4 Å². The standard InChI is InChI=1S/C14H19N5O2S/c1-2-17-8-12(7-16-17)22(20,21)18-6-5-14-13(9-18)15-10-19(14)11-3-4-11/h7-8,10-11H,2-6,9H2,1H3. The van der Waals surface area contributed by atoms with Gasteiger partial charge < -0.3 is 4.57 Å². The molecule has 1 aliphatic carbocycles. The van der Waals surface area contributed by atoms with Crippen molar-refractivity contribution in [3.8, 4) is 0 Å². The van der Waals surface area contributed by atoms with E-state index in [1.165, 1.54) is 29.0 Å². The summed E-state index contributed by atoms with van der Waals surface area (Å²) < 4.78 is 30.8. The third kappa shape index (κ3) is 2.17. The first-order valence-corrected chi connectivity index (χ1v) is 9.11. The fourth-order valence-electron chi connectivity index (χ4n) is 2.98. The van der Waals surface area contributed by atoms with Crippen LogP contribution >= 0.6 is 0 Å². The lowest BCUT2D eigenvalue weighted by Gasteiger charge is -2.25. The average molecular weight is 321 g/mol. The number of aryl methyl sites for hydroxylation is 1. The molecule has 0 saturated heterocycles. The van der Waals surface area contributed by atoms with Crippen LogP contribution in [0.25, 0.3) is 0 Å². The van der Waals surface area contributed by atoms with Crippen LogP contribution in [0.2, 0.25) is 0 Å². The maximum absolute atomic E-state index is 12.7. The number of hydrogen-bond donors (Lipinski definition) is 0. The van der Waals surface area contributed by atoms with Crippen LogP contribution < -0.4 is 0 Å². The Morgan fingerprint density at radius 2 is 2.18 bits per heavy atom. The molecule has 0 atom stereocenters. The summed E-state index contributed by atoms with van der Waals surface area (Å²) in [7, 11) is -3.49. The van der Waals surface area contributed by atoms with E-state index in [4.69, 9.17) is 0 Å². The van der Waals surface area contributed by atoms with Crippen molar-refractivity contribution in [2.75, 3.05) is 6.54 Å². The maximum atomic E-state index is 12.7. The molecule has 2 aromatic rings. The summed E-state index contributed by atoms with van der Waals surface area (Å²) in [4.78, 5) is 4.70. The predicted molar refractivity (Wildman–Crippen MR) is 79.7 cm³/mol. The first-order chi connectivity index (χ1) is 10.6. The number of sulfonamides is 1. The zero-order chi connectivity index (χ0) is 15.3. The molecule has 2 aliphatic rings. The monoisotopic (exact) mass is 321 g/mol. The normalized spacial score (nSPS) is 19.3. The summed E-state index contributed by atoms with van der Waals surface area (Å²) in [5, 5.41) is 4.07. The Bertz CT molecular complexity index is 803. The van der Waals surface area contributed by atoms with Crippen LogP contribution in [0.3, 0.4) is 0 Å². The molecule has 0 aromatic carbocycles. The number of imidazole rings is 1. The molecular weight excluding hydrogens is 302 g/mol. The van der Waals surface area contributed by atoms with E-state index in [1.807, 2.05) is 13.3 Å². The van der Waals surface area contributed by atoms with Gasteiger partial charge in [-0.1, -0.05) is 0 Å². The lowest BCUT2D eigenvalue weighted by Crippen LogP contribution is -2.36. The van der Waals surface area contributed by atoms with Gasteiger partial charge in [0.1, 0.15) is 4.90 Å². The van der Waals surface area contributed by atoms with Crippen molar-refractivity contribution in [1.82, 2.24) is 23.6 Å². The minimum atomic E-state index is -3.49. The summed E-state index contributed by atoms with van der Waals surface area (Å²) in [6.45, 7) is 3.45. The van der Waals surface area contributed by atoms with Gasteiger partial charge >= 0.3 is 0 Å². The molecule has 2 aromatic heterocycles. The summed E-state index contributed by atoms with van der Waals surface area (Å²) >= 11 is 0. The molecule has 22 heavy (non-hydrogen) atoms. The van der Waals surface area contributed by atoms with Crippen LogP contribution in [-0.4, -0.2) is 38.6 Å². The number of rotatable bonds is 4. The number of nitrogens with zero attached hydrogens (tertiary/aromatic N) is 5. The SMILES string of the molecule is CCn1cc(S(=O)(=O)N2CCc3c(ncn3C3CC3)C2)cn1. The van der Waals surface area contributed by atoms with E-state index in [-0.39, 0.29) is 4.90 Å². The molecule has 7 nitrogen and oxygen atoms in total. The van der Waals surface area contributed by atoms with Crippen molar-refractivity contribution >= 4 is 10.0 Å². The molecule has 0 radical (unpaired) electrons. The highest BCUT2D eigenvalue weighted by atomic mass is 32.2. The van der Waals surface area contributed by atoms with Gasteiger partial charge in [-0.2, -0.15) is 9.40 Å². The Balaban J connectivity index is 1.61. The lowest BCUT2D eigenvalue weighted by molar-refractivity contribution is 0.381. The Hall–Kier alpha value is -1.67. The summed E-state index contributed by atoms with van der Waals surface area (Å²) in [6, 6.07) is 0.585. The Morgan fingerprint density at radius 1 is 1.36 bits per heavy atom. The summed E-state index contributed by atoms with van der Waals surface area (Å²) in [5.74, 6) is 0. The van der Waals surface area contributed by atoms with E-state index < -0.39 is 10.0 Å². The minimum absolute atomic E-state index is 0.263. The smallest absolute Gasteiger partial charge is 0.246 e. The predicted octanol–water partition coefficient (Wildman–Crippen LogP) is 1.18. The highest BCUT2D eigenvalue weighted by molar-refractivity contribution is 7.89. The first-order valence-electron chi connectivity index (χ1n) is 7.66. The van der Waals surface area contributed by atoms with Crippen molar-refractivity contribution in [2.45, 2.75) is 50.2 Å². The molecule has 0 bridgehead atoms. The molecule has 0 N–H and O–H groups in total. The lowest BCUT2D eigenvalue weighted by atomic mass is 10.2. The largest absolute Gasteiger partial charge is 0.331 e. The van der Waals surface area contributed by atoms with Crippen LogP contribution in [0.5, 0.6) is 0 Å². The van der Waals surface area contributed by atoms with Crippen LogP contribution in [0.15, 0.2) is 23.6 Å². The zero-order valence-electron chi connectivity index (χ0n) is 12.5. The van der Waals surface area contributed by atoms with Crippen molar-refractivity contribution in [3.05, 3.63) is 30.1 Å². The second-order valence-corrected chi connectivity index (χ2v) is 7.83. The average Bonchev–Trinajstić information content (AvgIpc) is 3.10. The molecular formula is C14H19N5O2S. The van der Waals surface area contributed by atoms with E-state index in [9.17, 15) is 8.42 Å². The Kier molecular flexibility index (Phi) is 3.12. The Labute approximate surface area is 129 Å². The van der Waals surface area contributed by atoms with Gasteiger partial charge in [-0.15, -0.1) is 0 Å². The van der Waals surface area contributed by atoms with Gasteiger partial charge in [0.05, 0.1) is 24.8 Å². The summed E-state index contributed by atoms with van der Waals surface area (Å²) in [6.07, 6.45) is 8.04. The van der Waals surface area contributed by atoms with E-state index in [0.717, 1.165) is 12.1 Å². The molecule has 0 unspecified atom stereocenters.